The molecule has 0 bridgehead atoms. The normalized spacial score (nSPS) is 43.5. The summed E-state index contributed by atoms with van der Waals surface area (Å²) in [7, 11) is 0. The highest BCUT2D eigenvalue weighted by Gasteiger charge is 2.52. The minimum absolute atomic E-state index is 0.0169. The maximum Gasteiger partial charge on any atom is 0.334 e. The fourth-order valence-electron chi connectivity index (χ4n) is 3.70. The molecule has 0 amide bonds. The van der Waals surface area contributed by atoms with Gasteiger partial charge in [-0.1, -0.05) is 25.3 Å². The van der Waals surface area contributed by atoms with Gasteiger partial charge in [-0.3, -0.25) is 0 Å². The molecule has 0 aromatic heterocycles. The zero-order valence-corrected chi connectivity index (χ0v) is 10.4. The zero-order chi connectivity index (χ0) is 13.0. The van der Waals surface area contributed by atoms with Gasteiger partial charge in [-0.25, -0.2) is 4.79 Å². The Balaban J connectivity index is 2.01. The number of aliphatic hydroxyl groups excluding tert-OH is 1. The number of aliphatic hydroxyl groups is 1. The summed E-state index contributed by atoms with van der Waals surface area (Å²) in [6, 6.07) is 0. The minimum Gasteiger partial charge on any atom is -0.458 e. The quantitative estimate of drug-likeness (QED) is 0.404. The molecular weight excluding hydrogens is 228 g/mol. The Morgan fingerprint density at radius 3 is 2.67 bits per heavy atom. The van der Waals surface area contributed by atoms with Gasteiger partial charge in [0.05, 0.1) is 6.10 Å². The van der Waals surface area contributed by atoms with Gasteiger partial charge >= 0.3 is 5.97 Å². The van der Waals surface area contributed by atoms with E-state index in [0.29, 0.717) is 12.0 Å². The van der Waals surface area contributed by atoms with Crippen LogP contribution in [0.25, 0.3) is 0 Å². The number of carbonyl (C=O) groups is 1. The van der Waals surface area contributed by atoms with Crippen molar-refractivity contribution in [3.63, 3.8) is 0 Å². The van der Waals surface area contributed by atoms with Gasteiger partial charge in [0.15, 0.2) is 0 Å². The van der Waals surface area contributed by atoms with Crippen LogP contribution in [0.4, 0.5) is 0 Å². The number of hydrogen-bond acceptors (Lipinski definition) is 3. The molecule has 3 fully saturated rings. The lowest BCUT2D eigenvalue weighted by atomic mass is 9.82. The average Bonchev–Trinajstić information content (AvgIpc) is 2.72. The first-order chi connectivity index (χ1) is 8.50. The number of carbonyl (C=O) groups excluding carboxylic acids is 1. The molecule has 0 radical (unpaired) electrons. The zero-order valence-electron chi connectivity index (χ0n) is 10.4. The SMILES string of the molecule is C=C1CC[C@H]2C(=C)C(=O)O[C@@H]2C2C(=C)[C@H](O)CC12. The third-order valence-corrected chi connectivity index (χ3v) is 4.77. The van der Waals surface area contributed by atoms with Crippen LogP contribution in [0, 0.1) is 17.8 Å². The average molecular weight is 246 g/mol. The van der Waals surface area contributed by atoms with Crippen LogP contribution in [0.3, 0.4) is 0 Å². The van der Waals surface area contributed by atoms with E-state index in [2.05, 4.69) is 19.7 Å². The topological polar surface area (TPSA) is 46.5 Å². The Morgan fingerprint density at radius 2 is 1.94 bits per heavy atom. The number of esters is 1. The van der Waals surface area contributed by atoms with Crippen molar-refractivity contribution in [3.8, 4) is 0 Å². The molecule has 1 heterocycles. The lowest BCUT2D eigenvalue weighted by Gasteiger charge is -2.25. The van der Waals surface area contributed by atoms with Crippen LogP contribution in [0.5, 0.6) is 0 Å². The lowest BCUT2D eigenvalue weighted by molar-refractivity contribution is -0.141. The second kappa shape index (κ2) is 3.82. The molecule has 2 aliphatic carbocycles. The van der Waals surface area contributed by atoms with E-state index in [9.17, 15) is 9.90 Å². The van der Waals surface area contributed by atoms with Crippen LogP contribution in [0.15, 0.2) is 36.5 Å². The fraction of sp³-hybridized carbons (Fsp3) is 0.533. The van der Waals surface area contributed by atoms with E-state index < -0.39 is 6.10 Å². The Bertz CT molecular complexity index is 462. The highest BCUT2D eigenvalue weighted by Crippen LogP contribution is 2.51. The van der Waals surface area contributed by atoms with E-state index in [1.807, 2.05) is 0 Å². The second-order valence-corrected chi connectivity index (χ2v) is 5.66. The molecule has 5 atom stereocenters. The van der Waals surface area contributed by atoms with Crippen LogP contribution >= 0.6 is 0 Å². The summed E-state index contributed by atoms with van der Waals surface area (Å²) in [5, 5.41) is 9.99. The van der Waals surface area contributed by atoms with Crippen molar-refractivity contribution >= 4 is 5.97 Å². The largest absolute Gasteiger partial charge is 0.458 e. The molecule has 3 nitrogen and oxygen atoms in total. The molecule has 18 heavy (non-hydrogen) atoms. The molecule has 1 saturated heterocycles. The van der Waals surface area contributed by atoms with Gasteiger partial charge < -0.3 is 9.84 Å². The van der Waals surface area contributed by atoms with Crippen molar-refractivity contribution in [2.45, 2.75) is 31.5 Å². The molecule has 2 saturated carbocycles. The molecule has 2 unspecified atom stereocenters. The van der Waals surface area contributed by atoms with E-state index in [1.165, 1.54) is 0 Å². The summed E-state index contributed by atoms with van der Waals surface area (Å²) in [6.45, 7) is 12.0. The molecule has 3 heteroatoms. The van der Waals surface area contributed by atoms with Gasteiger partial charge in [0.2, 0.25) is 0 Å². The fourth-order valence-corrected chi connectivity index (χ4v) is 3.70. The number of ether oxygens (including phenoxy) is 1. The van der Waals surface area contributed by atoms with E-state index in [4.69, 9.17) is 4.74 Å². The molecule has 3 rings (SSSR count). The highest BCUT2D eigenvalue weighted by atomic mass is 16.6. The van der Waals surface area contributed by atoms with Crippen molar-refractivity contribution in [1.82, 2.24) is 0 Å². The number of fused-ring (bicyclic) bond motifs is 3. The first kappa shape index (κ1) is 11.7. The van der Waals surface area contributed by atoms with Gasteiger partial charge in [-0.2, -0.15) is 0 Å². The summed E-state index contributed by atoms with van der Waals surface area (Å²) in [4.78, 5) is 11.7. The maximum absolute atomic E-state index is 11.7. The summed E-state index contributed by atoms with van der Waals surface area (Å²) in [5.74, 6) is -0.0128. The molecule has 1 aliphatic heterocycles. The van der Waals surface area contributed by atoms with Crippen LogP contribution in [-0.4, -0.2) is 23.3 Å². The molecule has 1 N–H and O–H groups in total. The van der Waals surface area contributed by atoms with Crippen LogP contribution < -0.4 is 0 Å². The third-order valence-electron chi connectivity index (χ3n) is 4.77. The molecule has 3 aliphatic rings. The Hall–Kier alpha value is -1.35. The smallest absolute Gasteiger partial charge is 0.334 e. The van der Waals surface area contributed by atoms with Gasteiger partial charge in [0.1, 0.15) is 6.10 Å². The molecule has 96 valence electrons. The predicted molar refractivity (Wildman–Crippen MR) is 67.6 cm³/mol. The molecule has 0 spiro atoms. The number of allylic oxidation sites excluding steroid dienone is 1. The van der Waals surface area contributed by atoms with Crippen LogP contribution in [0.2, 0.25) is 0 Å². The van der Waals surface area contributed by atoms with Crippen molar-refractivity contribution in [2.24, 2.45) is 17.8 Å². The summed E-state index contributed by atoms with van der Waals surface area (Å²) in [5.41, 5.74) is 2.51. The minimum atomic E-state index is -0.497. The summed E-state index contributed by atoms with van der Waals surface area (Å²) in [6.07, 6.45) is 1.71. The predicted octanol–water partition coefficient (Wildman–Crippen LogP) is 1.99. The first-order valence-corrected chi connectivity index (χ1v) is 6.45. The summed E-state index contributed by atoms with van der Waals surface area (Å²) < 4.78 is 5.49. The second-order valence-electron chi connectivity index (χ2n) is 5.66. The van der Waals surface area contributed by atoms with Crippen LogP contribution in [0.1, 0.15) is 19.3 Å². The maximum atomic E-state index is 11.7. The van der Waals surface area contributed by atoms with Crippen molar-refractivity contribution in [2.75, 3.05) is 0 Å². The Labute approximate surface area is 107 Å². The lowest BCUT2D eigenvalue weighted by Crippen LogP contribution is -2.29. The summed E-state index contributed by atoms with van der Waals surface area (Å²) >= 11 is 0. The molecule has 0 aromatic rings. The third kappa shape index (κ3) is 1.43. The van der Waals surface area contributed by atoms with E-state index in [0.717, 1.165) is 24.0 Å². The molecule has 0 aromatic carbocycles. The van der Waals surface area contributed by atoms with Gasteiger partial charge in [-0.05, 0) is 30.8 Å². The Morgan fingerprint density at radius 1 is 1.22 bits per heavy atom. The van der Waals surface area contributed by atoms with Gasteiger partial charge in [0.25, 0.3) is 0 Å². The Kier molecular flexibility index (Phi) is 2.49. The van der Waals surface area contributed by atoms with Crippen molar-refractivity contribution < 1.29 is 14.6 Å². The van der Waals surface area contributed by atoms with Crippen LogP contribution in [-0.2, 0) is 9.53 Å². The number of rotatable bonds is 0. The van der Waals surface area contributed by atoms with E-state index >= 15 is 0 Å². The van der Waals surface area contributed by atoms with Gasteiger partial charge in [0, 0.05) is 17.4 Å². The van der Waals surface area contributed by atoms with E-state index in [-0.39, 0.29) is 29.8 Å². The van der Waals surface area contributed by atoms with Crippen molar-refractivity contribution in [3.05, 3.63) is 36.5 Å². The standard InChI is InChI=1S/C15H18O3/c1-7-4-5-10-8(2)15(17)18-14(10)13-9(3)12(16)6-11(7)13/h10-14,16H,1-6H2/t10-,11?,12+,13?,14-/m0/s1. The number of hydrogen-bond donors (Lipinski definition) is 1. The monoisotopic (exact) mass is 246 g/mol. The first-order valence-electron chi connectivity index (χ1n) is 6.45. The molecular formula is C15H18O3. The van der Waals surface area contributed by atoms with Crippen molar-refractivity contribution in [1.29, 1.82) is 0 Å². The van der Waals surface area contributed by atoms with Gasteiger partial charge in [-0.15, -0.1) is 0 Å². The highest BCUT2D eigenvalue weighted by molar-refractivity contribution is 5.91. The van der Waals surface area contributed by atoms with E-state index in [1.54, 1.807) is 0 Å².